The first-order valence-electron chi connectivity index (χ1n) is 24.1. The van der Waals surface area contributed by atoms with Crippen molar-refractivity contribution < 1.29 is 8.78 Å². The molecule has 0 fully saturated rings. The Morgan fingerprint density at radius 2 is 0.881 bits per heavy atom. The molecule has 11 aromatic carbocycles. The third kappa shape index (κ3) is 5.39. The second-order valence-corrected chi connectivity index (χ2v) is 21.8. The van der Waals surface area contributed by atoms with Crippen LogP contribution in [0.2, 0.25) is 0 Å². The zero-order valence-electron chi connectivity index (χ0n) is 39.7. The molecule has 0 aliphatic heterocycles. The third-order valence-corrected chi connectivity index (χ3v) is 15.9. The highest BCUT2D eigenvalue weighted by Crippen LogP contribution is 2.61. The van der Waals surface area contributed by atoms with Gasteiger partial charge in [-0.1, -0.05) is 147 Å². The van der Waals surface area contributed by atoms with E-state index < -0.39 is 0 Å². The predicted octanol–water partition coefficient (Wildman–Crippen LogP) is 19.2. The van der Waals surface area contributed by atoms with Crippen LogP contribution in [0.5, 0.6) is 0 Å². The molecule has 0 spiro atoms. The first-order chi connectivity index (χ1) is 32.1. The summed E-state index contributed by atoms with van der Waals surface area (Å²) in [4.78, 5) is 0. The van der Waals surface area contributed by atoms with Crippen LogP contribution in [0.15, 0.2) is 140 Å². The van der Waals surface area contributed by atoms with Gasteiger partial charge in [0.1, 0.15) is 11.6 Å². The maximum atomic E-state index is 14.7. The van der Waals surface area contributed by atoms with Crippen molar-refractivity contribution in [3.8, 4) is 55.6 Å². The van der Waals surface area contributed by atoms with E-state index in [4.69, 9.17) is 0 Å². The van der Waals surface area contributed by atoms with Gasteiger partial charge in [-0.25, -0.2) is 8.78 Å². The maximum Gasteiger partial charge on any atom is 0.123 e. The summed E-state index contributed by atoms with van der Waals surface area (Å²) in [5.41, 5.74) is 18.7. The third-order valence-electron chi connectivity index (χ3n) is 15.9. The lowest BCUT2D eigenvalue weighted by molar-refractivity contribution is 0.585. The van der Waals surface area contributed by atoms with Crippen LogP contribution < -0.4 is 0 Å². The van der Waals surface area contributed by atoms with Gasteiger partial charge in [-0.15, -0.1) is 0 Å². The standard InChI is InChI=1S/C65H52F2/c1-33(2)45-28-47-42-15-12-16-44-58(42)53(32-55-59(44)43-26-21-37(64(5,6)7)27-54(43)65(55,8)9)50-29-46(34(3)4)61-52-31-49-48(30-51(52)60(45)63(61)62(47)50)56(35-17-22-38(66)23-18-35)40-13-10-11-14-41(40)57(49)36-19-24-39(67)25-20-36/h10-34H,1-9H3. The van der Waals surface area contributed by atoms with Gasteiger partial charge in [0.2, 0.25) is 0 Å². The molecule has 0 unspecified atom stereocenters. The van der Waals surface area contributed by atoms with Crippen molar-refractivity contribution in [3.63, 3.8) is 0 Å². The number of hydrogen-bond donors (Lipinski definition) is 0. The highest BCUT2D eigenvalue weighted by Gasteiger charge is 2.39. The normalized spacial score (nSPS) is 14.0. The first-order valence-corrected chi connectivity index (χ1v) is 24.1. The Hall–Kier alpha value is -6.90. The second-order valence-electron chi connectivity index (χ2n) is 21.8. The van der Waals surface area contributed by atoms with Crippen LogP contribution in [-0.2, 0) is 10.8 Å². The molecule has 0 radical (unpaired) electrons. The summed E-state index contributed by atoms with van der Waals surface area (Å²) in [5, 5.41) is 15.0. The SMILES string of the molecule is CC(C)c1cc2c3cccc4c5c(cc(c6cc(C(C)C)c7c(c1-c1cc8c(-c9ccc(F)cc9)c9ccccc9c(-c9ccc(F)cc9)c8cc1-7)c26)c43)C(C)(C)c1cc(C(C)(C)C)ccc1-5. The molecule has 11 aromatic rings. The summed E-state index contributed by atoms with van der Waals surface area (Å²) in [5.74, 6) is -0.0456. The molecule has 2 heteroatoms. The van der Waals surface area contributed by atoms with E-state index in [-0.39, 0.29) is 34.3 Å². The van der Waals surface area contributed by atoms with E-state index in [0.29, 0.717) is 0 Å². The first kappa shape index (κ1) is 40.4. The summed E-state index contributed by atoms with van der Waals surface area (Å²) in [6, 6.07) is 49.3. The van der Waals surface area contributed by atoms with E-state index in [1.54, 1.807) is 24.3 Å². The van der Waals surface area contributed by atoms with E-state index in [0.717, 1.165) is 43.8 Å². The average Bonchev–Trinajstić information content (AvgIpc) is 3.75. The molecule has 2 aliphatic carbocycles. The number of halogens is 2. The van der Waals surface area contributed by atoms with Gasteiger partial charge in [-0.05, 0) is 220 Å². The molecule has 13 rings (SSSR count). The van der Waals surface area contributed by atoms with Crippen LogP contribution in [0.25, 0.3) is 120 Å². The molecule has 2 aliphatic rings. The van der Waals surface area contributed by atoms with Crippen molar-refractivity contribution in [2.45, 2.75) is 85.0 Å². The van der Waals surface area contributed by atoms with Gasteiger partial charge in [-0.2, -0.15) is 0 Å². The molecule has 326 valence electrons. The number of hydrogen-bond acceptors (Lipinski definition) is 0. The largest absolute Gasteiger partial charge is 0.207 e. The van der Waals surface area contributed by atoms with Crippen molar-refractivity contribution in [1.29, 1.82) is 0 Å². The molecule has 0 saturated carbocycles. The molecule has 0 aromatic heterocycles. The number of fused-ring (bicyclic) bond motifs is 11. The Morgan fingerprint density at radius 1 is 0.388 bits per heavy atom. The van der Waals surface area contributed by atoms with Crippen molar-refractivity contribution in [2.24, 2.45) is 0 Å². The van der Waals surface area contributed by atoms with Crippen LogP contribution in [-0.4, -0.2) is 0 Å². The fraction of sp³-hybridized carbons (Fsp3) is 0.200. The van der Waals surface area contributed by atoms with E-state index in [1.807, 2.05) is 24.3 Å². The minimum atomic E-state index is -0.260. The summed E-state index contributed by atoms with van der Waals surface area (Å²) in [6.07, 6.45) is 0. The van der Waals surface area contributed by atoms with Crippen LogP contribution >= 0.6 is 0 Å². The Morgan fingerprint density at radius 3 is 1.40 bits per heavy atom. The van der Waals surface area contributed by atoms with Crippen molar-refractivity contribution >= 4 is 64.6 Å². The summed E-state index contributed by atoms with van der Waals surface area (Å²) >= 11 is 0. The Balaban J connectivity index is 1.21. The van der Waals surface area contributed by atoms with Gasteiger partial charge in [0, 0.05) is 5.41 Å². The molecule has 0 saturated heterocycles. The molecule has 0 atom stereocenters. The zero-order chi connectivity index (χ0) is 46.2. The van der Waals surface area contributed by atoms with E-state index in [1.165, 1.54) is 104 Å². The van der Waals surface area contributed by atoms with Gasteiger partial charge in [-0.3, -0.25) is 0 Å². The summed E-state index contributed by atoms with van der Waals surface area (Å²) in [6.45, 7) is 21.2. The summed E-state index contributed by atoms with van der Waals surface area (Å²) < 4.78 is 29.4. The minimum absolute atomic E-state index is 0.0471. The maximum absolute atomic E-state index is 14.7. The van der Waals surface area contributed by atoms with Crippen molar-refractivity contribution in [3.05, 3.63) is 179 Å². The molecule has 0 amide bonds. The Kier molecular flexibility index (Phi) is 8.20. The van der Waals surface area contributed by atoms with Crippen LogP contribution in [0, 0.1) is 11.6 Å². The van der Waals surface area contributed by atoms with Gasteiger partial charge < -0.3 is 0 Å². The lowest BCUT2D eigenvalue weighted by atomic mass is 9.77. The number of rotatable bonds is 4. The minimum Gasteiger partial charge on any atom is -0.207 e. The molecule has 0 bridgehead atoms. The van der Waals surface area contributed by atoms with E-state index in [2.05, 4.69) is 153 Å². The highest BCUT2D eigenvalue weighted by molar-refractivity contribution is 6.39. The lowest BCUT2D eigenvalue weighted by Crippen LogP contribution is -2.17. The van der Waals surface area contributed by atoms with Crippen molar-refractivity contribution in [1.82, 2.24) is 0 Å². The fourth-order valence-corrected chi connectivity index (χ4v) is 12.7. The smallest absolute Gasteiger partial charge is 0.123 e. The van der Waals surface area contributed by atoms with Crippen LogP contribution in [0.4, 0.5) is 8.78 Å². The average molecular weight is 871 g/mol. The van der Waals surface area contributed by atoms with Crippen LogP contribution in [0.3, 0.4) is 0 Å². The monoisotopic (exact) mass is 870 g/mol. The van der Waals surface area contributed by atoms with Gasteiger partial charge in [0.15, 0.2) is 0 Å². The van der Waals surface area contributed by atoms with Gasteiger partial charge >= 0.3 is 0 Å². The van der Waals surface area contributed by atoms with Crippen LogP contribution in [0.1, 0.15) is 102 Å². The topological polar surface area (TPSA) is 0 Å². The lowest BCUT2D eigenvalue weighted by Gasteiger charge is -2.26. The fourth-order valence-electron chi connectivity index (χ4n) is 12.7. The molecule has 0 nitrogen and oxygen atoms in total. The van der Waals surface area contributed by atoms with Gasteiger partial charge in [0.25, 0.3) is 0 Å². The quantitative estimate of drug-likeness (QED) is 0.122. The van der Waals surface area contributed by atoms with E-state index in [9.17, 15) is 8.78 Å². The molecular formula is C65H52F2. The molecule has 0 heterocycles. The Bertz CT molecular complexity index is 3850. The zero-order valence-corrected chi connectivity index (χ0v) is 39.7. The highest BCUT2D eigenvalue weighted by atomic mass is 19.1. The summed E-state index contributed by atoms with van der Waals surface area (Å²) in [7, 11) is 0. The molecule has 0 N–H and O–H groups in total. The molecular weight excluding hydrogens is 819 g/mol. The molecule has 67 heavy (non-hydrogen) atoms. The van der Waals surface area contributed by atoms with E-state index >= 15 is 0 Å². The van der Waals surface area contributed by atoms with Crippen molar-refractivity contribution in [2.75, 3.05) is 0 Å². The second kappa shape index (κ2) is 13.6. The Labute approximate surface area is 391 Å². The predicted molar refractivity (Wildman–Crippen MR) is 282 cm³/mol. The van der Waals surface area contributed by atoms with Gasteiger partial charge in [0.05, 0.1) is 0 Å². The number of benzene rings is 11.